The zero-order valence-electron chi connectivity index (χ0n) is 14.4. The summed E-state index contributed by atoms with van der Waals surface area (Å²) < 4.78 is 0. The van der Waals surface area contributed by atoms with Gasteiger partial charge in [-0.25, -0.2) is 0 Å². The van der Waals surface area contributed by atoms with Crippen molar-refractivity contribution in [1.82, 2.24) is 15.5 Å². The number of hydrogen-bond donors (Lipinski definition) is 2. The van der Waals surface area contributed by atoms with Gasteiger partial charge in [0.05, 0.1) is 0 Å². The van der Waals surface area contributed by atoms with Gasteiger partial charge in [0, 0.05) is 44.8 Å². The van der Waals surface area contributed by atoms with Gasteiger partial charge in [-0.15, -0.1) is 12.4 Å². The number of halogens is 1. The Morgan fingerprint density at radius 2 is 1.68 bits per heavy atom. The molecule has 0 saturated carbocycles. The highest BCUT2D eigenvalue weighted by molar-refractivity contribution is 5.95. The Kier molecular flexibility index (Phi) is 7.92. The second-order valence-corrected chi connectivity index (χ2v) is 6.17. The number of amides is 1. The third kappa shape index (κ3) is 5.85. The molecule has 2 aromatic rings. The number of nitrogens with zero attached hydrogens (tertiary/aromatic N) is 1. The lowest BCUT2D eigenvalue weighted by molar-refractivity contribution is 0.0946. The van der Waals surface area contributed by atoms with Crippen LogP contribution in [0.15, 0.2) is 54.6 Å². The van der Waals surface area contributed by atoms with Crippen molar-refractivity contribution in [3.8, 4) is 0 Å². The highest BCUT2D eigenvalue weighted by atomic mass is 35.5. The monoisotopic (exact) mass is 359 g/mol. The molecule has 1 heterocycles. The summed E-state index contributed by atoms with van der Waals surface area (Å²) in [6.45, 7) is 5.79. The van der Waals surface area contributed by atoms with E-state index in [0.29, 0.717) is 6.54 Å². The maximum atomic E-state index is 12.6. The Hall–Kier alpha value is -1.88. The molecule has 2 aromatic carbocycles. The Bertz CT molecular complexity index is 657. The van der Waals surface area contributed by atoms with Crippen molar-refractivity contribution >= 4 is 18.3 Å². The highest BCUT2D eigenvalue weighted by Gasteiger charge is 2.12. The molecule has 0 atom stereocenters. The fraction of sp³-hybridized carbons (Fsp3) is 0.350. The SMILES string of the molecule is Cl.O=C(NCCN1CCNCC1)c1ccccc1Cc1ccccc1. The van der Waals surface area contributed by atoms with Crippen molar-refractivity contribution in [2.45, 2.75) is 6.42 Å². The van der Waals surface area contributed by atoms with Crippen LogP contribution >= 0.6 is 12.4 Å². The van der Waals surface area contributed by atoms with Crippen LogP contribution in [0, 0.1) is 0 Å². The largest absolute Gasteiger partial charge is 0.351 e. The predicted molar refractivity (Wildman–Crippen MR) is 105 cm³/mol. The minimum absolute atomic E-state index is 0. The van der Waals surface area contributed by atoms with Crippen LogP contribution in [-0.2, 0) is 6.42 Å². The van der Waals surface area contributed by atoms with Crippen LogP contribution in [0.3, 0.4) is 0 Å². The average molecular weight is 360 g/mol. The van der Waals surface area contributed by atoms with Gasteiger partial charge in [0.15, 0.2) is 0 Å². The summed E-state index contributed by atoms with van der Waals surface area (Å²) in [5.41, 5.74) is 3.07. The normalized spacial score (nSPS) is 14.6. The van der Waals surface area contributed by atoms with Gasteiger partial charge >= 0.3 is 0 Å². The van der Waals surface area contributed by atoms with Crippen LogP contribution in [0.4, 0.5) is 0 Å². The lowest BCUT2D eigenvalue weighted by Gasteiger charge is -2.27. The fourth-order valence-electron chi connectivity index (χ4n) is 3.07. The van der Waals surface area contributed by atoms with Crippen LogP contribution in [0.5, 0.6) is 0 Å². The van der Waals surface area contributed by atoms with E-state index in [0.717, 1.165) is 50.3 Å². The summed E-state index contributed by atoms with van der Waals surface area (Å²) >= 11 is 0. The fourth-order valence-corrected chi connectivity index (χ4v) is 3.07. The Labute approximate surface area is 156 Å². The van der Waals surface area contributed by atoms with Crippen molar-refractivity contribution in [2.24, 2.45) is 0 Å². The summed E-state index contributed by atoms with van der Waals surface area (Å²) in [7, 11) is 0. The smallest absolute Gasteiger partial charge is 0.251 e. The van der Waals surface area contributed by atoms with Crippen LogP contribution in [-0.4, -0.2) is 50.1 Å². The maximum Gasteiger partial charge on any atom is 0.251 e. The minimum Gasteiger partial charge on any atom is -0.351 e. The lowest BCUT2D eigenvalue weighted by Crippen LogP contribution is -2.46. The molecular formula is C20H26ClN3O. The van der Waals surface area contributed by atoms with Crippen LogP contribution < -0.4 is 10.6 Å². The first kappa shape index (κ1) is 19.4. The van der Waals surface area contributed by atoms with E-state index in [1.165, 1.54) is 5.56 Å². The first-order valence-corrected chi connectivity index (χ1v) is 8.66. The molecule has 2 N–H and O–H groups in total. The summed E-state index contributed by atoms with van der Waals surface area (Å²) in [6, 6.07) is 18.2. The van der Waals surface area contributed by atoms with Gasteiger partial charge in [-0.2, -0.15) is 0 Å². The molecule has 1 fully saturated rings. The molecule has 0 aliphatic carbocycles. The van der Waals surface area contributed by atoms with E-state index in [2.05, 4.69) is 27.7 Å². The quantitative estimate of drug-likeness (QED) is 0.832. The van der Waals surface area contributed by atoms with Crippen molar-refractivity contribution in [3.63, 3.8) is 0 Å². The average Bonchev–Trinajstić information content (AvgIpc) is 2.64. The van der Waals surface area contributed by atoms with Gasteiger partial charge < -0.3 is 10.6 Å². The zero-order valence-corrected chi connectivity index (χ0v) is 15.2. The maximum absolute atomic E-state index is 12.6. The summed E-state index contributed by atoms with van der Waals surface area (Å²) in [6.07, 6.45) is 0.780. The minimum atomic E-state index is 0. The van der Waals surface area contributed by atoms with Crippen LogP contribution in [0.2, 0.25) is 0 Å². The molecule has 25 heavy (non-hydrogen) atoms. The van der Waals surface area contributed by atoms with E-state index in [1.54, 1.807) is 0 Å². The Morgan fingerprint density at radius 1 is 1.00 bits per heavy atom. The summed E-state index contributed by atoms with van der Waals surface area (Å²) in [4.78, 5) is 14.9. The number of hydrogen-bond acceptors (Lipinski definition) is 3. The van der Waals surface area contributed by atoms with Gasteiger partial charge in [-0.05, 0) is 23.6 Å². The first-order valence-electron chi connectivity index (χ1n) is 8.66. The molecular weight excluding hydrogens is 334 g/mol. The molecule has 3 rings (SSSR count). The second kappa shape index (κ2) is 10.2. The number of benzene rings is 2. The van der Waals surface area contributed by atoms with E-state index in [9.17, 15) is 4.79 Å². The van der Waals surface area contributed by atoms with Gasteiger partial charge in [0.2, 0.25) is 0 Å². The topological polar surface area (TPSA) is 44.4 Å². The molecule has 1 saturated heterocycles. The number of piperazine rings is 1. The molecule has 0 spiro atoms. The highest BCUT2D eigenvalue weighted by Crippen LogP contribution is 2.14. The van der Waals surface area contributed by atoms with E-state index in [-0.39, 0.29) is 18.3 Å². The molecule has 1 aliphatic rings. The number of rotatable bonds is 6. The summed E-state index contributed by atoms with van der Waals surface area (Å²) in [5, 5.41) is 6.41. The van der Waals surface area contributed by atoms with Gasteiger partial charge in [0.1, 0.15) is 0 Å². The number of carbonyl (C=O) groups is 1. The third-order valence-corrected chi connectivity index (χ3v) is 4.42. The molecule has 0 unspecified atom stereocenters. The molecule has 4 nitrogen and oxygen atoms in total. The van der Waals surface area contributed by atoms with Gasteiger partial charge in [0.25, 0.3) is 5.91 Å². The molecule has 1 amide bonds. The van der Waals surface area contributed by atoms with Crippen molar-refractivity contribution in [1.29, 1.82) is 0 Å². The van der Waals surface area contributed by atoms with Gasteiger partial charge in [-0.3, -0.25) is 9.69 Å². The van der Waals surface area contributed by atoms with Gasteiger partial charge in [-0.1, -0.05) is 48.5 Å². The second-order valence-electron chi connectivity index (χ2n) is 6.17. The molecule has 0 aromatic heterocycles. The molecule has 0 bridgehead atoms. The molecule has 0 radical (unpaired) electrons. The Morgan fingerprint density at radius 3 is 2.44 bits per heavy atom. The molecule has 134 valence electrons. The van der Waals surface area contributed by atoms with Crippen LogP contribution in [0.25, 0.3) is 0 Å². The van der Waals surface area contributed by atoms with E-state index in [1.807, 2.05) is 42.5 Å². The molecule has 5 heteroatoms. The van der Waals surface area contributed by atoms with E-state index >= 15 is 0 Å². The van der Waals surface area contributed by atoms with Crippen molar-refractivity contribution in [2.75, 3.05) is 39.3 Å². The van der Waals surface area contributed by atoms with Crippen molar-refractivity contribution in [3.05, 3.63) is 71.3 Å². The Balaban J connectivity index is 0.00000225. The van der Waals surface area contributed by atoms with E-state index < -0.39 is 0 Å². The lowest BCUT2D eigenvalue weighted by atomic mass is 9.99. The van der Waals surface area contributed by atoms with Crippen LogP contribution in [0.1, 0.15) is 21.5 Å². The summed E-state index contributed by atoms with van der Waals surface area (Å²) in [5.74, 6) is 0.0247. The zero-order chi connectivity index (χ0) is 16.6. The number of carbonyl (C=O) groups excluding carboxylic acids is 1. The first-order chi connectivity index (χ1) is 11.8. The van der Waals surface area contributed by atoms with E-state index in [4.69, 9.17) is 0 Å². The van der Waals surface area contributed by atoms with Crippen molar-refractivity contribution < 1.29 is 4.79 Å². The predicted octanol–water partition coefficient (Wildman–Crippen LogP) is 2.33. The standard InChI is InChI=1S/C20H25N3O.ClH/c24-20(22-12-15-23-13-10-21-11-14-23)19-9-5-4-8-18(19)16-17-6-2-1-3-7-17;/h1-9,21H,10-16H2,(H,22,24);1H. The number of nitrogens with one attached hydrogen (secondary N) is 2. The third-order valence-electron chi connectivity index (χ3n) is 4.42. The molecule has 1 aliphatic heterocycles.